The summed E-state index contributed by atoms with van der Waals surface area (Å²) in [5.74, 6) is -1.53. The molecule has 3 aromatic heterocycles. The predicted octanol–water partition coefficient (Wildman–Crippen LogP) is 5.00. The highest BCUT2D eigenvalue weighted by Gasteiger charge is 2.21. The number of halogens is 3. The molecule has 0 radical (unpaired) electrons. The number of nitrogens with zero attached hydrogens (tertiary/aromatic N) is 5. The summed E-state index contributed by atoms with van der Waals surface area (Å²) < 4.78 is 49.2. The SMILES string of the molecule is Cc1cc(OCc2c(F)ccc(F)c2F)c2nc(C)c(-c3nccc(N4CCCC4)n3)n2c1. The van der Waals surface area contributed by atoms with Crippen molar-refractivity contribution in [2.75, 3.05) is 18.0 Å². The molecule has 4 aromatic rings. The van der Waals surface area contributed by atoms with E-state index in [2.05, 4.69) is 14.9 Å². The molecule has 0 N–H and O–H groups in total. The number of ether oxygens (including phenoxy) is 1. The van der Waals surface area contributed by atoms with Crippen LogP contribution in [0.2, 0.25) is 0 Å². The van der Waals surface area contributed by atoms with Crippen molar-refractivity contribution in [3.8, 4) is 17.3 Å². The second-order valence-corrected chi connectivity index (χ2v) is 8.16. The smallest absolute Gasteiger partial charge is 0.180 e. The van der Waals surface area contributed by atoms with E-state index in [-0.39, 0.29) is 0 Å². The Hall–Kier alpha value is -3.62. The first-order chi connectivity index (χ1) is 15.9. The Morgan fingerprint density at radius 1 is 1.00 bits per heavy atom. The summed E-state index contributed by atoms with van der Waals surface area (Å²) in [6, 6.07) is 5.25. The maximum absolute atomic E-state index is 14.1. The topological polar surface area (TPSA) is 55.6 Å². The molecule has 170 valence electrons. The van der Waals surface area contributed by atoms with Crippen LogP contribution in [0.4, 0.5) is 19.0 Å². The summed E-state index contributed by atoms with van der Waals surface area (Å²) in [7, 11) is 0. The van der Waals surface area contributed by atoms with Crippen molar-refractivity contribution in [1.82, 2.24) is 19.4 Å². The van der Waals surface area contributed by atoms with Gasteiger partial charge in [0.15, 0.2) is 28.9 Å². The lowest BCUT2D eigenvalue weighted by Crippen LogP contribution is -2.19. The molecule has 1 aliphatic heterocycles. The molecular formula is C24H22F3N5O. The quantitative estimate of drug-likeness (QED) is 0.398. The third kappa shape index (κ3) is 3.88. The van der Waals surface area contributed by atoms with Gasteiger partial charge in [-0.2, -0.15) is 0 Å². The van der Waals surface area contributed by atoms with Crippen molar-refractivity contribution in [1.29, 1.82) is 0 Å². The first-order valence-electron chi connectivity index (χ1n) is 10.7. The summed E-state index contributed by atoms with van der Waals surface area (Å²) >= 11 is 0. The second-order valence-electron chi connectivity index (χ2n) is 8.16. The molecule has 33 heavy (non-hydrogen) atoms. The molecule has 9 heteroatoms. The van der Waals surface area contributed by atoms with E-state index in [1.165, 1.54) is 0 Å². The van der Waals surface area contributed by atoms with E-state index in [1.54, 1.807) is 12.3 Å². The van der Waals surface area contributed by atoms with Gasteiger partial charge in [0.25, 0.3) is 0 Å². The van der Waals surface area contributed by atoms with Crippen LogP contribution in [0.15, 0.2) is 36.7 Å². The Kier molecular flexibility index (Phi) is 5.39. The maximum atomic E-state index is 14.1. The van der Waals surface area contributed by atoms with E-state index in [9.17, 15) is 13.2 Å². The molecule has 0 saturated carbocycles. The van der Waals surface area contributed by atoms with Gasteiger partial charge in [-0.25, -0.2) is 28.1 Å². The average Bonchev–Trinajstić information content (AvgIpc) is 3.44. The molecule has 6 nitrogen and oxygen atoms in total. The van der Waals surface area contributed by atoms with Gasteiger partial charge in [0.05, 0.1) is 11.3 Å². The van der Waals surface area contributed by atoms with Crippen LogP contribution in [0.25, 0.3) is 17.2 Å². The van der Waals surface area contributed by atoms with Crippen LogP contribution in [0.1, 0.15) is 29.7 Å². The third-order valence-electron chi connectivity index (χ3n) is 5.79. The number of imidazole rings is 1. The first-order valence-corrected chi connectivity index (χ1v) is 10.7. The van der Waals surface area contributed by atoms with E-state index < -0.39 is 29.6 Å². The van der Waals surface area contributed by atoms with Crippen LogP contribution in [0.5, 0.6) is 5.75 Å². The molecule has 0 aliphatic carbocycles. The van der Waals surface area contributed by atoms with Crippen molar-refractivity contribution in [3.63, 3.8) is 0 Å². The van der Waals surface area contributed by atoms with Gasteiger partial charge in [-0.1, -0.05) is 0 Å². The molecule has 0 amide bonds. The number of aryl methyl sites for hydroxylation is 2. The number of hydrogen-bond donors (Lipinski definition) is 0. The molecule has 5 rings (SSSR count). The number of pyridine rings is 1. The summed E-state index contributed by atoms with van der Waals surface area (Å²) in [5, 5.41) is 0. The van der Waals surface area contributed by atoms with Gasteiger partial charge in [0, 0.05) is 25.5 Å². The van der Waals surface area contributed by atoms with Crippen molar-refractivity contribution in [3.05, 3.63) is 70.9 Å². The van der Waals surface area contributed by atoms with E-state index in [0.29, 0.717) is 28.6 Å². The van der Waals surface area contributed by atoms with Gasteiger partial charge >= 0.3 is 0 Å². The van der Waals surface area contributed by atoms with Gasteiger partial charge < -0.3 is 9.64 Å². The van der Waals surface area contributed by atoms with Crippen LogP contribution in [-0.4, -0.2) is 32.4 Å². The molecule has 1 saturated heterocycles. The van der Waals surface area contributed by atoms with Crippen LogP contribution in [0, 0.1) is 31.3 Å². The highest BCUT2D eigenvalue weighted by molar-refractivity contribution is 5.67. The van der Waals surface area contributed by atoms with Crippen molar-refractivity contribution in [2.45, 2.75) is 33.3 Å². The van der Waals surface area contributed by atoms with Crippen LogP contribution >= 0.6 is 0 Å². The molecule has 0 bridgehead atoms. The monoisotopic (exact) mass is 453 g/mol. The first kappa shape index (κ1) is 21.2. The highest BCUT2D eigenvalue weighted by atomic mass is 19.2. The zero-order chi connectivity index (χ0) is 23.1. The van der Waals surface area contributed by atoms with Crippen molar-refractivity contribution in [2.24, 2.45) is 0 Å². The fraction of sp³-hybridized carbons (Fsp3) is 0.292. The van der Waals surface area contributed by atoms with Crippen LogP contribution < -0.4 is 9.64 Å². The summed E-state index contributed by atoms with van der Waals surface area (Å²) in [4.78, 5) is 16.1. The number of fused-ring (bicyclic) bond motifs is 1. The summed E-state index contributed by atoms with van der Waals surface area (Å²) in [5.41, 5.74) is 2.22. The molecule has 1 aliphatic rings. The Labute approximate surface area is 188 Å². The second kappa shape index (κ2) is 8.38. The molecule has 4 heterocycles. The Morgan fingerprint density at radius 2 is 1.76 bits per heavy atom. The van der Waals surface area contributed by atoms with Gasteiger partial charge in [-0.05, 0) is 56.5 Å². The largest absolute Gasteiger partial charge is 0.485 e. The Morgan fingerprint density at radius 3 is 2.55 bits per heavy atom. The van der Waals surface area contributed by atoms with Crippen molar-refractivity contribution >= 4 is 11.5 Å². The fourth-order valence-electron chi connectivity index (χ4n) is 4.17. The minimum atomic E-state index is -1.26. The maximum Gasteiger partial charge on any atom is 0.180 e. The standard InChI is InChI=1S/C24H22F3N5O/c1-14-11-19(33-13-16-17(25)5-6-18(26)21(16)27)24-29-15(2)22(32(24)12-14)23-28-8-7-20(30-23)31-9-3-4-10-31/h5-8,11-12H,3-4,9-10,13H2,1-2H3. The molecule has 0 atom stereocenters. The lowest BCUT2D eigenvalue weighted by molar-refractivity contribution is 0.291. The van der Waals surface area contributed by atoms with Crippen LogP contribution in [0.3, 0.4) is 0 Å². The molecule has 1 fully saturated rings. The summed E-state index contributed by atoms with van der Waals surface area (Å²) in [6.07, 6.45) is 5.89. The normalized spacial score (nSPS) is 13.8. The molecule has 0 unspecified atom stereocenters. The molecular weight excluding hydrogens is 431 g/mol. The van der Waals surface area contributed by atoms with E-state index >= 15 is 0 Å². The number of anilines is 1. The summed E-state index contributed by atoms with van der Waals surface area (Å²) in [6.45, 7) is 5.17. The van der Waals surface area contributed by atoms with E-state index in [4.69, 9.17) is 9.72 Å². The number of hydrogen-bond acceptors (Lipinski definition) is 5. The van der Waals surface area contributed by atoms with Gasteiger partial charge in [0.1, 0.15) is 23.9 Å². The lowest BCUT2D eigenvalue weighted by Gasteiger charge is -2.16. The number of benzene rings is 1. The highest BCUT2D eigenvalue weighted by Crippen LogP contribution is 2.30. The predicted molar refractivity (Wildman–Crippen MR) is 118 cm³/mol. The number of aromatic nitrogens is 4. The Bertz CT molecular complexity index is 1350. The van der Waals surface area contributed by atoms with Crippen LogP contribution in [-0.2, 0) is 6.61 Å². The zero-order valence-corrected chi connectivity index (χ0v) is 18.3. The van der Waals surface area contributed by atoms with E-state index in [0.717, 1.165) is 49.4 Å². The minimum absolute atomic E-state index is 0.322. The fourth-order valence-corrected chi connectivity index (χ4v) is 4.17. The van der Waals surface area contributed by atoms with Gasteiger partial charge in [-0.15, -0.1) is 0 Å². The van der Waals surface area contributed by atoms with Gasteiger partial charge in [0.2, 0.25) is 0 Å². The number of rotatable bonds is 5. The third-order valence-corrected chi connectivity index (χ3v) is 5.79. The van der Waals surface area contributed by atoms with E-state index in [1.807, 2.05) is 30.5 Å². The zero-order valence-electron chi connectivity index (χ0n) is 18.3. The molecule has 0 spiro atoms. The van der Waals surface area contributed by atoms with Crippen molar-refractivity contribution < 1.29 is 17.9 Å². The van der Waals surface area contributed by atoms with Gasteiger partial charge in [-0.3, -0.25) is 4.40 Å². The Balaban J connectivity index is 1.54. The average molecular weight is 453 g/mol. The lowest BCUT2D eigenvalue weighted by atomic mass is 10.2. The minimum Gasteiger partial charge on any atom is -0.485 e. The molecule has 1 aromatic carbocycles.